The topological polar surface area (TPSA) is 69.6 Å². The molecule has 1 fully saturated rings. The molecule has 0 radical (unpaired) electrons. The van der Waals surface area contributed by atoms with Crippen molar-refractivity contribution in [3.63, 3.8) is 0 Å². The first kappa shape index (κ1) is 18.3. The summed E-state index contributed by atoms with van der Waals surface area (Å²) in [4.78, 5) is 12.7. The molecule has 1 saturated carbocycles. The van der Waals surface area contributed by atoms with Gasteiger partial charge in [0.25, 0.3) is 0 Å². The van der Waals surface area contributed by atoms with Crippen molar-refractivity contribution in [3.8, 4) is 0 Å². The summed E-state index contributed by atoms with van der Waals surface area (Å²) in [5, 5.41) is 2.20. The van der Waals surface area contributed by atoms with Gasteiger partial charge in [-0.15, -0.1) is 0 Å². The summed E-state index contributed by atoms with van der Waals surface area (Å²) < 4.78 is 15.8. The van der Waals surface area contributed by atoms with E-state index in [1.54, 1.807) is 0 Å². The van der Waals surface area contributed by atoms with Crippen molar-refractivity contribution < 1.29 is 4.39 Å². The summed E-state index contributed by atoms with van der Waals surface area (Å²) in [6.45, 7) is 0. The lowest BCUT2D eigenvalue weighted by Crippen LogP contribution is -2.06. The number of anilines is 1. The summed E-state index contributed by atoms with van der Waals surface area (Å²) >= 11 is 6.18. The highest BCUT2D eigenvalue weighted by molar-refractivity contribution is 6.33. The molecule has 148 valence electrons. The molecule has 0 spiro atoms. The Morgan fingerprint density at radius 1 is 1.17 bits per heavy atom. The van der Waals surface area contributed by atoms with Crippen molar-refractivity contribution in [3.05, 3.63) is 59.4 Å². The lowest BCUT2D eigenvalue weighted by Gasteiger charge is -2.14. The van der Waals surface area contributed by atoms with Gasteiger partial charge in [0.15, 0.2) is 11.6 Å². The third kappa shape index (κ3) is 3.42. The summed E-state index contributed by atoms with van der Waals surface area (Å²) in [5.41, 5.74) is 8.50. The molecule has 2 atom stereocenters. The van der Waals surface area contributed by atoms with Crippen molar-refractivity contribution in [1.29, 1.82) is 0 Å². The molecule has 7 heteroatoms. The lowest BCUT2D eigenvalue weighted by molar-refractivity contribution is 0.461. The molecule has 5 rings (SSSR count). The van der Waals surface area contributed by atoms with Crippen molar-refractivity contribution in [1.82, 2.24) is 19.5 Å². The normalized spacial score (nSPS) is 19.4. The van der Waals surface area contributed by atoms with Gasteiger partial charge in [-0.05, 0) is 61.8 Å². The second-order valence-corrected chi connectivity index (χ2v) is 8.24. The minimum absolute atomic E-state index is 0.0452. The number of rotatable bonds is 4. The van der Waals surface area contributed by atoms with Gasteiger partial charge in [0.05, 0.1) is 10.9 Å². The van der Waals surface area contributed by atoms with Gasteiger partial charge in [-0.25, -0.2) is 19.3 Å². The third-order valence-electron chi connectivity index (χ3n) is 6.07. The van der Waals surface area contributed by atoms with E-state index in [2.05, 4.69) is 31.8 Å². The minimum atomic E-state index is -0.466. The Morgan fingerprint density at radius 3 is 2.97 bits per heavy atom. The number of nitrogen functional groups attached to an aromatic ring is 1. The highest BCUT2D eigenvalue weighted by Gasteiger charge is 2.27. The molecular weight excluding hydrogens is 389 g/mol. The number of nitrogens with two attached hydrogens (primary N) is 1. The molecule has 3 heterocycles. The fraction of sp³-hybridized carbons (Fsp3) is 0.318. The molecule has 0 amide bonds. The van der Waals surface area contributed by atoms with E-state index in [-0.39, 0.29) is 5.82 Å². The average molecular weight is 410 g/mol. The van der Waals surface area contributed by atoms with Crippen LogP contribution in [0.2, 0.25) is 5.15 Å². The first-order valence-corrected chi connectivity index (χ1v) is 10.3. The largest absolute Gasteiger partial charge is 0.381 e. The van der Waals surface area contributed by atoms with E-state index in [1.807, 2.05) is 18.2 Å². The van der Waals surface area contributed by atoms with Crippen LogP contribution >= 0.6 is 11.6 Å². The molecule has 1 aliphatic rings. The van der Waals surface area contributed by atoms with E-state index >= 15 is 0 Å². The molecule has 1 unspecified atom stereocenters. The van der Waals surface area contributed by atoms with Crippen LogP contribution in [0, 0.1) is 11.7 Å². The van der Waals surface area contributed by atoms with E-state index in [9.17, 15) is 4.39 Å². The van der Waals surface area contributed by atoms with Gasteiger partial charge in [0.1, 0.15) is 17.1 Å². The van der Waals surface area contributed by atoms with Crippen LogP contribution in [-0.4, -0.2) is 19.5 Å². The second kappa shape index (κ2) is 7.26. The summed E-state index contributed by atoms with van der Waals surface area (Å²) in [6.07, 6.45) is 9.19. The van der Waals surface area contributed by atoms with Crippen LogP contribution in [0.25, 0.3) is 21.9 Å². The molecular formula is C22H21ClFN5. The van der Waals surface area contributed by atoms with Gasteiger partial charge in [-0.3, -0.25) is 0 Å². The van der Waals surface area contributed by atoms with Crippen molar-refractivity contribution in [2.45, 2.75) is 38.1 Å². The highest BCUT2D eigenvalue weighted by atomic mass is 35.5. The Hall–Kier alpha value is -2.73. The van der Waals surface area contributed by atoms with Crippen LogP contribution in [0.15, 0.2) is 42.9 Å². The van der Waals surface area contributed by atoms with Gasteiger partial charge in [-0.2, -0.15) is 0 Å². The average Bonchev–Trinajstić information content (AvgIpc) is 3.35. The summed E-state index contributed by atoms with van der Waals surface area (Å²) in [5.74, 6) is 0.152. The van der Waals surface area contributed by atoms with Crippen LogP contribution in [0.4, 0.5) is 10.2 Å². The van der Waals surface area contributed by atoms with E-state index < -0.39 is 5.82 Å². The second-order valence-electron chi connectivity index (χ2n) is 7.88. The fourth-order valence-electron chi connectivity index (χ4n) is 4.53. The van der Waals surface area contributed by atoms with E-state index in [1.165, 1.54) is 24.4 Å². The SMILES string of the molecule is Nc1nc2cc(CCC3CC[C@H](n4ccc5c(Cl)ncnc54)C3)ccc2cc1F. The van der Waals surface area contributed by atoms with Crippen molar-refractivity contribution in [2.75, 3.05) is 5.73 Å². The van der Waals surface area contributed by atoms with Gasteiger partial charge in [0, 0.05) is 17.6 Å². The van der Waals surface area contributed by atoms with Crippen LogP contribution < -0.4 is 5.73 Å². The highest BCUT2D eigenvalue weighted by Crippen LogP contribution is 2.39. The molecule has 5 nitrogen and oxygen atoms in total. The molecule has 0 bridgehead atoms. The maximum Gasteiger partial charge on any atom is 0.165 e. The van der Waals surface area contributed by atoms with Crippen LogP contribution in [-0.2, 0) is 6.42 Å². The number of fused-ring (bicyclic) bond motifs is 2. The van der Waals surface area contributed by atoms with Crippen LogP contribution in [0.1, 0.15) is 37.3 Å². The Morgan fingerprint density at radius 2 is 2.07 bits per heavy atom. The predicted molar refractivity (Wildman–Crippen MR) is 113 cm³/mol. The molecule has 3 aromatic heterocycles. The number of aryl methyl sites for hydroxylation is 1. The number of nitrogens with zero attached hydrogens (tertiary/aromatic N) is 4. The van der Waals surface area contributed by atoms with Crippen LogP contribution in [0.3, 0.4) is 0 Å². The number of pyridine rings is 1. The molecule has 4 aromatic rings. The number of aromatic nitrogens is 4. The standard InChI is InChI=1S/C22H21ClFN5/c23-20-17-7-8-29(22(17)27-12-26-20)16-6-4-13(9-16)1-2-14-3-5-15-11-18(24)21(25)28-19(15)10-14/h3,5,7-8,10-13,16H,1-2,4,6,9H2,(H2,25,28)/t13?,16-/m0/s1. The Balaban J connectivity index is 1.27. The smallest absolute Gasteiger partial charge is 0.165 e. The molecule has 29 heavy (non-hydrogen) atoms. The summed E-state index contributed by atoms with van der Waals surface area (Å²) in [7, 11) is 0. The zero-order valence-corrected chi connectivity index (χ0v) is 16.6. The lowest BCUT2D eigenvalue weighted by atomic mass is 9.97. The van der Waals surface area contributed by atoms with E-state index in [0.29, 0.717) is 17.1 Å². The zero-order valence-electron chi connectivity index (χ0n) is 15.9. The van der Waals surface area contributed by atoms with Crippen LogP contribution in [0.5, 0.6) is 0 Å². The maximum atomic E-state index is 13.6. The van der Waals surface area contributed by atoms with E-state index in [4.69, 9.17) is 17.3 Å². The molecule has 1 aliphatic carbocycles. The molecule has 1 aromatic carbocycles. The molecule has 0 aliphatic heterocycles. The fourth-order valence-corrected chi connectivity index (χ4v) is 4.72. The third-order valence-corrected chi connectivity index (χ3v) is 6.37. The Labute approximate surface area is 172 Å². The number of hydrogen-bond donors (Lipinski definition) is 1. The van der Waals surface area contributed by atoms with Gasteiger partial charge >= 0.3 is 0 Å². The number of benzene rings is 1. The zero-order chi connectivity index (χ0) is 20.0. The van der Waals surface area contributed by atoms with Crippen molar-refractivity contribution in [2.24, 2.45) is 5.92 Å². The minimum Gasteiger partial charge on any atom is -0.381 e. The summed E-state index contributed by atoms with van der Waals surface area (Å²) in [6, 6.07) is 9.90. The first-order valence-electron chi connectivity index (χ1n) is 9.90. The van der Waals surface area contributed by atoms with Crippen molar-refractivity contribution >= 4 is 39.4 Å². The maximum absolute atomic E-state index is 13.6. The quantitative estimate of drug-likeness (QED) is 0.462. The molecule has 2 N–H and O–H groups in total. The predicted octanol–water partition coefficient (Wildman–Crippen LogP) is 5.33. The monoisotopic (exact) mass is 409 g/mol. The van der Waals surface area contributed by atoms with E-state index in [0.717, 1.165) is 47.6 Å². The Bertz CT molecular complexity index is 1200. The Kier molecular flexibility index (Phi) is 4.59. The molecule has 0 saturated heterocycles. The van der Waals surface area contributed by atoms with Gasteiger partial charge in [-0.1, -0.05) is 23.7 Å². The first-order chi connectivity index (χ1) is 14.1. The number of halogens is 2. The number of hydrogen-bond acceptors (Lipinski definition) is 4. The van der Waals surface area contributed by atoms with Gasteiger partial charge in [0.2, 0.25) is 0 Å². The van der Waals surface area contributed by atoms with Gasteiger partial charge < -0.3 is 10.3 Å².